The first-order valence-electron chi connectivity index (χ1n) is 11.3. The maximum Gasteiger partial charge on any atom is 0.416 e. The molecule has 35 heavy (non-hydrogen) atoms. The SMILES string of the molecule is C=CCC(Cc1c(Cl)cc(-c2ccc(F)cc2)cc1Cl)C(=O)N1C(=O)OCC1Cc1ccccc1. The lowest BCUT2D eigenvalue weighted by atomic mass is 9.92. The van der Waals surface area contributed by atoms with E-state index < -0.39 is 18.1 Å². The van der Waals surface area contributed by atoms with Crippen molar-refractivity contribution in [3.63, 3.8) is 0 Å². The minimum Gasteiger partial charge on any atom is -0.447 e. The summed E-state index contributed by atoms with van der Waals surface area (Å²) >= 11 is 13.2. The number of nitrogens with zero attached hydrogens (tertiary/aromatic N) is 1. The van der Waals surface area contributed by atoms with Crippen LogP contribution in [0.25, 0.3) is 11.1 Å². The second-order valence-electron chi connectivity index (χ2n) is 8.48. The largest absolute Gasteiger partial charge is 0.447 e. The molecule has 0 N–H and O–H groups in total. The predicted octanol–water partition coefficient (Wildman–Crippen LogP) is 7.12. The normalized spacial score (nSPS) is 16.1. The lowest BCUT2D eigenvalue weighted by molar-refractivity contribution is -0.133. The van der Waals surface area contributed by atoms with Gasteiger partial charge in [0.15, 0.2) is 0 Å². The zero-order valence-electron chi connectivity index (χ0n) is 18.9. The summed E-state index contributed by atoms with van der Waals surface area (Å²) < 4.78 is 18.5. The molecule has 2 unspecified atom stereocenters. The monoisotopic (exact) mass is 511 g/mol. The Morgan fingerprint density at radius 1 is 1.09 bits per heavy atom. The molecule has 4 rings (SSSR count). The molecule has 0 aliphatic carbocycles. The van der Waals surface area contributed by atoms with Crippen molar-refractivity contribution >= 4 is 35.2 Å². The Morgan fingerprint density at radius 2 is 1.74 bits per heavy atom. The van der Waals surface area contributed by atoms with Crippen LogP contribution in [0.5, 0.6) is 0 Å². The van der Waals surface area contributed by atoms with E-state index in [0.29, 0.717) is 28.5 Å². The van der Waals surface area contributed by atoms with Crippen molar-refractivity contribution in [2.75, 3.05) is 6.61 Å². The number of carbonyl (C=O) groups is 2. The fourth-order valence-electron chi connectivity index (χ4n) is 4.29. The molecule has 0 aromatic heterocycles. The molecule has 1 heterocycles. The van der Waals surface area contributed by atoms with Crippen LogP contribution < -0.4 is 0 Å². The predicted molar refractivity (Wildman–Crippen MR) is 136 cm³/mol. The smallest absolute Gasteiger partial charge is 0.416 e. The molecule has 1 aliphatic rings. The Hall–Kier alpha value is -3.15. The summed E-state index contributed by atoms with van der Waals surface area (Å²) in [5.41, 5.74) is 3.12. The summed E-state index contributed by atoms with van der Waals surface area (Å²) in [6.45, 7) is 3.93. The number of halogens is 3. The van der Waals surface area contributed by atoms with Gasteiger partial charge in [-0.25, -0.2) is 14.1 Å². The van der Waals surface area contributed by atoms with Crippen LogP contribution in [0.3, 0.4) is 0 Å². The first-order valence-corrected chi connectivity index (χ1v) is 12.0. The summed E-state index contributed by atoms with van der Waals surface area (Å²) in [7, 11) is 0. The molecule has 3 aromatic carbocycles. The third kappa shape index (κ3) is 5.75. The Morgan fingerprint density at radius 3 is 2.37 bits per heavy atom. The van der Waals surface area contributed by atoms with Gasteiger partial charge in [0.05, 0.1) is 6.04 Å². The number of imide groups is 1. The zero-order valence-corrected chi connectivity index (χ0v) is 20.4. The van der Waals surface area contributed by atoms with Gasteiger partial charge in [-0.2, -0.15) is 0 Å². The second-order valence-corrected chi connectivity index (χ2v) is 9.29. The number of hydrogen-bond acceptors (Lipinski definition) is 3. The van der Waals surface area contributed by atoms with Gasteiger partial charge in [0.1, 0.15) is 12.4 Å². The Labute approximate surface area is 213 Å². The number of carbonyl (C=O) groups excluding carboxylic acids is 2. The summed E-state index contributed by atoms with van der Waals surface area (Å²) in [4.78, 5) is 27.3. The van der Waals surface area contributed by atoms with E-state index in [9.17, 15) is 14.0 Å². The summed E-state index contributed by atoms with van der Waals surface area (Å²) in [5.74, 6) is -1.27. The summed E-state index contributed by atoms with van der Waals surface area (Å²) in [5, 5.41) is 0.784. The number of amides is 2. The first-order chi connectivity index (χ1) is 16.9. The highest BCUT2D eigenvalue weighted by Crippen LogP contribution is 2.35. The molecule has 7 heteroatoms. The lowest BCUT2D eigenvalue weighted by Crippen LogP contribution is -2.44. The molecule has 1 fully saturated rings. The van der Waals surface area contributed by atoms with Gasteiger partial charge in [-0.3, -0.25) is 4.79 Å². The average molecular weight is 512 g/mol. The number of rotatable bonds is 8. The fraction of sp³-hybridized carbons (Fsp3) is 0.214. The van der Waals surface area contributed by atoms with Crippen LogP contribution >= 0.6 is 23.2 Å². The fourth-order valence-corrected chi connectivity index (χ4v) is 4.93. The Balaban J connectivity index is 1.57. The highest BCUT2D eigenvalue weighted by atomic mass is 35.5. The molecule has 1 aliphatic heterocycles. The third-order valence-corrected chi connectivity index (χ3v) is 6.76. The minimum absolute atomic E-state index is 0.147. The standard InChI is InChI=1S/C28H24Cl2FNO3/c1-2-6-20(27(33)32-23(17-35-28(32)34)13-18-7-4-3-5-8-18)14-24-25(29)15-21(16-26(24)30)19-9-11-22(31)12-10-19/h2-5,7-12,15-16,20,23H,1,6,13-14,17H2. The van der Waals surface area contributed by atoms with Crippen molar-refractivity contribution in [1.29, 1.82) is 0 Å². The number of hydrogen-bond donors (Lipinski definition) is 0. The number of cyclic esters (lactones) is 1. The zero-order chi connectivity index (χ0) is 24.9. The molecule has 4 nitrogen and oxygen atoms in total. The Bertz CT molecular complexity index is 1210. The van der Waals surface area contributed by atoms with E-state index in [1.165, 1.54) is 17.0 Å². The van der Waals surface area contributed by atoms with Crippen LogP contribution in [0.15, 0.2) is 79.4 Å². The maximum absolute atomic E-state index is 13.5. The van der Waals surface area contributed by atoms with Crippen LogP contribution in [-0.4, -0.2) is 29.5 Å². The number of benzene rings is 3. The molecular formula is C28H24Cl2FNO3. The van der Waals surface area contributed by atoms with Crippen molar-refractivity contribution in [2.45, 2.75) is 25.3 Å². The minimum atomic E-state index is -0.645. The van der Waals surface area contributed by atoms with Crippen molar-refractivity contribution in [2.24, 2.45) is 5.92 Å². The van der Waals surface area contributed by atoms with Crippen molar-refractivity contribution in [3.8, 4) is 11.1 Å². The lowest BCUT2D eigenvalue weighted by Gasteiger charge is -2.25. The van der Waals surface area contributed by atoms with Gasteiger partial charge in [0.25, 0.3) is 0 Å². The molecule has 0 saturated carbocycles. The van der Waals surface area contributed by atoms with E-state index in [-0.39, 0.29) is 24.8 Å². The summed E-state index contributed by atoms with van der Waals surface area (Å²) in [6.07, 6.45) is 2.08. The molecule has 2 atom stereocenters. The van der Waals surface area contributed by atoms with Crippen molar-refractivity contribution in [1.82, 2.24) is 4.90 Å². The van der Waals surface area contributed by atoms with Crippen molar-refractivity contribution in [3.05, 3.63) is 106 Å². The van der Waals surface area contributed by atoms with E-state index in [4.69, 9.17) is 27.9 Å². The van der Waals surface area contributed by atoms with Gasteiger partial charge >= 0.3 is 6.09 Å². The van der Waals surface area contributed by atoms with Gasteiger partial charge < -0.3 is 4.74 Å². The van der Waals surface area contributed by atoms with Crippen LogP contribution in [0.4, 0.5) is 9.18 Å². The third-order valence-electron chi connectivity index (χ3n) is 6.08. The van der Waals surface area contributed by atoms with E-state index >= 15 is 0 Å². The van der Waals surface area contributed by atoms with E-state index in [1.54, 1.807) is 30.3 Å². The van der Waals surface area contributed by atoms with E-state index in [1.807, 2.05) is 30.3 Å². The second kappa shape index (κ2) is 11.1. The van der Waals surface area contributed by atoms with E-state index in [0.717, 1.165) is 16.7 Å². The highest BCUT2D eigenvalue weighted by molar-refractivity contribution is 6.36. The van der Waals surface area contributed by atoms with Gasteiger partial charge in [-0.15, -0.1) is 6.58 Å². The molecular weight excluding hydrogens is 488 g/mol. The van der Waals surface area contributed by atoms with Crippen LogP contribution in [0.1, 0.15) is 17.5 Å². The summed E-state index contributed by atoms with van der Waals surface area (Å²) in [6, 6.07) is 18.8. The van der Waals surface area contributed by atoms with Crippen molar-refractivity contribution < 1.29 is 18.7 Å². The topological polar surface area (TPSA) is 46.6 Å². The maximum atomic E-state index is 13.5. The van der Waals surface area contributed by atoms with Gasteiger partial charge in [-0.1, -0.05) is 71.7 Å². The van der Waals surface area contributed by atoms with Crippen LogP contribution in [-0.2, 0) is 22.4 Å². The average Bonchev–Trinajstić information content (AvgIpc) is 3.20. The molecule has 1 saturated heterocycles. The van der Waals surface area contributed by atoms with Gasteiger partial charge in [0, 0.05) is 16.0 Å². The molecule has 0 bridgehead atoms. The molecule has 2 amide bonds. The highest BCUT2D eigenvalue weighted by Gasteiger charge is 2.40. The molecule has 3 aromatic rings. The molecule has 180 valence electrons. The number of allylic oxidation sites excluding steroid dienone is 1. The van der Waals surface area contributed by atoms with Gasteiger partial charge in [-0.05, 0) is 65.8 Å². The van der Waals surface area contributed by atoms with Crippen LogP contribution in [0, 0.1) is 11.7 Å². The first kappa shape index (κ1) is 25.0. The van der Waals surface area contributed by atoms with Gasteiger partial charge in [0.2, 0.25) is 5.91 Å². The molecule has 0 radical (unpaired) electrons. The van der Waals surface area contributed by atoms with Crippen LogP contribution in [0.2, 0.25) is 10.0 Å². The number of ether oxygens (including phenoxy) is 1. The molecule has 0 spiro atoms. The quantitative estimate of drug-likeness (QED) is 0.302. The van der Waals surface area contributed by atoms with E-state index in [2.05, 4.69) is 6.58 Å². The Kier molecular flexibility index (Phi) is 7.89.